The molecule has 2 aromatic rings. The van der Waals surface area contributed by atoms with Gasteiger partial charge < -0.3 is 5.32 Å². The molecule has 1 aliphatic heterocycles. The number of aromatic nitrogens is 3. The first kappa shape index (κ1) is 13.1. The molecule has 0 fully saturated rings. The van der Waals surface area contributed by atoms with Crippen LogP contribution in [0.1, 0.15) is 19.0 Å². The van der Waals surface area contributed by atoms with Gasteiger partial charge in [-0.1, -0.05) is 12.1 Å². The molecule has 0 spiro atoms. The average Bonchev–Trinajstić information content (AvgIpc) is 2.82. The van der Waals surface area contributed by atoms with Crippen LogP contribution in [-0.4, -0.2) is 26.7 Å². The van der Waals surface area contributed by atoms with Gasteiger partial charge in [0, 0.05) is 17.1 Å². The number of hydrogen-bond donors (Lipinski definition) is 1. The van der Waals surface area contributed by atoms with E-state index in [1.807, 2.05) is 6.92 Å². The zero-order chi connectivity index (χ0) is 14.1. The van der Waals surface area contributed by atoms with E-state index in [-0.39, 0.29) is 11.7 Å². The van der Waals surface area contributed by atoms with Gasteiger partial charge in [-0.05, 0) is 18.6 Å². The van der Waals surface area contributed by atoms with Crippen molar-refractivity contribution in [2.24, 2.45) is 0 Å². The summed E-state index contributed by atoms with van der Waals surface area (Å²) < 4.78 is 15.6. The predicted octanol–water partition coefficient (Wildman–Crippen LogP) is 2.40. The Hall–Kier alpha value is -1.89. The van der Waals surface area contributed by atoms with Gasteiger partial charge in [0.2, 0.25) is 5.91 Å². The highest BCUT2D eigenvalue weighted by atomic mass is 32.2. The lowest BCUT2D eigenvalue weighted by molar-refractivity contribution is -0.115. The van der Waals surface area contributed by atoms with Gasteiger partial charge in [0.15, 0.2) is 0 Å². The third-order valence-electron chi connectivity index (χ3n) is 3.06. The molecule has 1 N–H and O–H groups in total. The second-order valence-electron chi connectivity index (χ2n) is 4.45. The number of fused-ring (bicyclic) bond motifs is 1. The fraction of sp³-hybridized carbons (Fsp3) is 0.308. The Bertz CT molecular complexity index is 670. The average molecular weight is 292 g/mol. The van der Waals surface area contributed by atoms with Crippen LogP contribution < -0.4 is 5.32 Å². The smallest absolute Gasteiger partial charge is 0.225 e. The maximum absolute atomic E-state index is 14.2. The number of hydrogen-bond acceptors (Lipinski definition) is 4. The molecule has 104 valence electrons. The Balaban J connectivity index is 2.06. The minimum atomic E-state index is -0.375. The third kappa shape index (κ3) is 2.40. The van der Waals surface area contributed by atoms with E-state index >= 15 is 0 Å². The minimum absolute atomic E-state index is 0.0540. The zero-order valence-corrected chi connectivity index (χ0v) is 11.7. The molecular formula is C13H13FN4OS. The lowest BCUT2D eigenvalue weighted by Gasteiger charge is -2.10. The van der Waals surface area contributed by atoms with Crippen molar-refractivity contribution >= 4 is 23.4 Å². The van der Waals surface area contributed by atoms with Gasteiger partial charge in [-0.3, -0.25) is 4.79 Å². The topological polar surface area (TPSA) is 59.8 Å². The Morgan fingerprint density at radius 3 is 3.10 bits per heavy atom. The van der Waals surface area contributed by atoms with Gasteiger partial charge >= 0.3 is 0 Å². The summed E-state index contributed by atoms with van der Waals surface area (Å²) in [7, 11) is 0. The number of nitrogens with one attached hydrogen (secondary N) is 1. The molecular weight excluding hydrogens is 279 g/mol. The summed E-state index contributed by atoms with van der Waals surface area (Å²) in [5.41, 5.74) is 1.71. The predicted molar refractivity (Wildman–Crippen MR) is 74.7 cm³/mol. The minimum Gasteiger partial charge on any atom is -0.325 e. The van der Waals surface area contributed by atoms with E-state index in [0.29, 0.717) is 23.5 Å². The molecule has 1 amide bonds. The number of carbonyl (C=O) groups excluding carboxylic acids is 1. The monoisotopic (exact) mass is 292 g/mol. The van der Waals surface area contributed by atoms with Gasteiger partial charge in [-0.2, -0.15) is 0 Å². The fourth-order valence-electron chi connectivity index (χ4n) is 1.98. The van der Waals surface area contributed by atoms with Crippen molar-refractivity contribution in [2.45, 2.75) is 24.7 Å². The number of amides is 1. The molecule has 0 atom stereocenters. The molecule has 0 aliphatic carbocycles. The Labute approximate surface area is 119 Å². The maximum atomic E-state index is 14.2. The summed E-state index contributed by atoms with van der Waals surface area (Å²) in [5.74, 6) is 0.225. The maximum Gasteiger partial charge on any atom is 0.225 e. The molecule has 0 radical (unpaired) electrons. The van der Waals surface area contributed by atoms with Crippen LogP contribution in [0.15, 0.2) is 23.2 Å². The largest absolute Gasteiger partial charge is 0.325 e. The van der Waals surface area contributed by atoms with Crippen LogP contribution in [0.25, 0.3) is 5.69 Å². The highest BCUT2D eigenvalue weighted by Crippen LogP contribution is 2.33. The van der Waals surface area contributed by atoms with Crippen molar-refractivity contribution in [3.8, 4) is 5.69 Å². The van der Waals surface area contributed by atoms with Crippen molar-refractivity contribution < 1.29 is 9.18 Å². The standard InChI is InChI=1S/C13H13FN4OS/c1-2-8-7-18(17-16-8)11-6-10-12(5-9(11)14)20-4-3-13(19)15-10/h5-7H,2-4H2,1H3,(H,15,19). The van der Waals surface area contributed by atoms with E-state index in [2.05, 4.69) is 15.6 Å². The first-order chi connectivity index (χ1) is 9.67. The summed E-state index contributed by atoms with van der Waals surface area (Å²) in [4.78, 5) is 12.3. The van der Waals surface area contributed by atoms with Gasteiger partial charge in [0.05, 0.1) is 17.6 Å². The van der Waals surface area contributed by atoms with Gasteiger partial charge in [-0.15, -0.1) is 16.9 Å². The van der Waals surface area contributed by atoms with Crippen LogP contribution in [0, 0.1) is 5.82 Å². The molecule has 5 nitrogen and oxygen atoms in total. The molecule has 1 aromatic heterocycles. The number of halogens is 1. The summed E-state index contributed by atoms with van der Waals surface area (Å²) >= 11 is 1.47. The Morgan fingerprint density at radius 1 is 1.50 bits per heavy atom. The quantitative estimate of drug-likeness (QED) is 0.923. The van der Waals surface area contributed by atoms with E-state index < -0.39 is 0 Å². The molecule has 0 bridgehead atoms. The summed E-state index contributed by atoms with van der Waals surface area (Å²) in [6, 6.07) is 3.04. The highest BCUT2D eigenvalue weighted by molar-refractivity contribution is 7.99. The normalized spacial score (nSPS) is 14.6. The molecule has 2 heterocycles. The number of aryl methyl sites for hydroxylation is 1. The number of nitrogens with zero attached hydrogens (tertiary/aromatic N) is 3. The first-order valence-electron chi connectivity index (χ1n) is 6.35. The SMILES string of the molecule is CCc1cn(-c2cc3c(cc2F)SCCC(=O)N3)nn1. The van der Waals surface area contributed by atoms with Crippen LogP contribution in [0.3, 0.4) is 0 Å². The van der Waals surface area contributed by atoms with E-state index in [4.69, 9.17) is 0 Å². The molecule has 0 saturated carbocycles. The van der Waals surface area contributed by atoms with Crippen LogP contribution >= 0.6 is 11.8 Å². The van der Waals surface area contributed by atoms with Gasteiger partial charge in [-0.25, -0.2) is 9.07 Å². The highest BCUT2D eigenvalue weighted by Gasteiger charge is 2.18. The lowest BCUT2D eigenvalue weighted by atomic mass is 10.2. The Morgan fingerprint density at radius 2 is 2.35 bits per heavy atom. The molecule has 20 heavy (non-hydrogen) atoms. The molecule has 3 rings (SSSR count). The van der Waals surface area contributed by atoms with E-state index in [0.717, 1.165) is 17.0 Å². The van der Waals surface area contributed by atoms with Gasteiger partial charge in [0.25, 0.3) is 0 Å². The second-order valence-corrected chi connectivity index (χ2v) is 5.59. The van der Waals surface area contributed by atoms with E-state index in [9.17, 15) is 9.18 Å². The summed E-state index contributed by atoms with van der Waals surface area (Å²) in [5, 5.41) is 10.7. The number of rotatable bonds is 2. The lowest BCUT2D eigenvalue weighted by Crippen LogP contribution is -2.11. The van der Waals surface area contributed by atoms with Gasteiger partial charge in [0.1, 0.15) is 11.5 Å². The third-order valence-corrected chi connectivity index (χ3v) is 4.12. The van der Waals surface area contributed by atoms with Crippen LogP contribution in [0.5, 0.6) is 0 Å². The second kappa shape index (κ2) is 5.24. The molecule has 1 aliphatic rings. The van der Waals surface area contributed by atoms with Crippen LogP contribution in [-0.2, 0) is 11.2 Å². The Kier molecular flexibility index (Phi) is 3.43. The molecule has 7 heteroatoms. The number of thioether (sulfide) groups is 1. The van der Waals surface area contributed by atoms with Crippen molar-refractivity contribution in [3.05, 3.63) is 29.8 Å². The van der Waals surface area contributed by atoms with E-state index in [1.54, 1.807) is 12.3 Å². The van der Waals surface area contributed by atoms with Crippen LogP contribution in [0.2, 0.25) is 0 Å². The number of benzene rings is 1. The van der Waals surface area contributed by atoms with E-state index in [1.165, 1.54) is 22.5 Å². The van der Waals surface area contributed by atoms with Crippen molar-refractivity contribution in [3.63, 3.8) is 0 Å². The fourth-order valence-corrected chi connectivity index (χ4v) is 2.94. The first-order valence-corrected chi connectivity index (χ1v) is 7.33. The van der Waals surface area contributed by atoms with Crippen molar-refractivity contribution in [2.75, 3.05) is 11.1 Å². The van der Waals surface area contributed by atoms with Crippen LogP contribution in [0.4, 0.5) is 10.1 Å². The van der Waals surface area contributed by atoms with Crippen molar-refractivity contribution in [1.82, 2.24) is 15.0 Å². The molecule has 0 saturated heterocycles. The van der Waals surface area contributed by atoms with Crippen molar-refractivity contribution in [1.29, 1.82) is 0 Å². The zero-order valence-electron chi connectivity index (χ0n) is 10.9. The summed E-state index contributed by atoms with van der Waals surface area (Å²) in [6.45, 7) is 1.96. The number of carbonyl (C=O) groups is 1. The molecule has 1 aromatic carbocycles. The summed E-state index contributed by atoms with van der Waals surface area (Å²) in [6.07, 6.45) is 2.86. The molecule has 0 unspecified atom stereocenters. The number of anilines is 1.